The number of morpholine rings is 1. The zero-order valence-corrected chi connectivity index (χ0v) is 19.4. The molecule has 0 amide bonds. The molecule has 6 rings (SSSR count). The molecule has 1 aliphatic rings. The van der Waals surface area contributed by atoms with E-state index in [0.717, 1.165) is 11.2 Å². The molecule has 10 nitrogen and oxygen atoms in total. The molecular formula is C24H21N7O3S. The standard InChI is InChI=1S/C24H21N7O3S/c25-24-26-14-16(15-27-24)22-28-21-18-8-9-31(35(32,33)17-4-2-1-3-5-17)20(18)7-6-19(21)23(29-22)30-10-12-34-13-11-30/h1-9,14-15H,10-13H2,(H2,25,26,27). The first kappa shape index (κ1) is 21.4. The molecule has 176 valence electrons. The lowest BCUT2D eigenvalue weighted by Crippen LogP contribution is -2.37. The van der Waals surface area contributed by atoms with Gasteiger partial charge in [0.05, 0.1) is 34.7 Å². The number of nitrogens with zero attached hydrogens (tertiary/aromatic N) is 6. The number of fused-ring (bicyclic) bond motifs is 3. The van der Waals surface area contributed by atoms with Crippen LogP contribution < -0.4 is 10.6 Å². The fourth-order valence-electron chi connectivity index (χ4n) is 4.28. The summed E-state index contributed by atoms with van der Waals surface area (Å²) in [5, 5.41) is 1.53. The highest BCUT2D eigenvalue weighted by atomic mass is 32.2. The third-order valence-corrected chi connectivity index (χ3v) is 7.72. The van der Waals surface area contributed by atoms with Crippen LogP contribution in [0.5, 0.6) is 0 Å². The first-order valence-electron chi connectivity index (χ1n) is 11.1. The highest BCUT2D eigenvalue weighted by Crippen LogP contribution is 2.34. The molecule has 0 unspecified atom stereocenters. The van der Waals surface area contributed by atoms with Gasteiger partial charge in [-0.05, 0) is 30.3 Å². The second kappa shape index (κ2) is 8.29. The number of hydrogen-bond acceptors (Lipinski definition) is 9. The van der Waals surface area contributed by atoms with E-state index >= 15 is 0 Å². The minimum absolute atomic E-state index is 0.161. The quantitative estimate of drug-likeness (QED) is 0.407. The molecule has 1 saturated heterocycles. The number of aromatic nitrogens is 5. The lowest BCUT2D eigenvalue weighted by Gasteiger charge is -2.29. The number of ether oxygens (including phenoxy) is 1. The van der Waals surface area contributed by atoms with Crippen LogP contribution in [-0.2, 0) is 14.8 Å². The van der Waals surface area contributed by atoms with Gasteiger partial charge in [-0.15, -0.1) is 0 Å². The summed E-state index contributed by atoms with van der Waals surface area (Å²) in [4.78, 5) is 20.2. The Kier molecular flexibility index (Phi) is 5.08. The minimum atomic E-state index is -3.78. The topological polar surface area (TPSA) is 129 Å². The zero-order valence-electron chi connectivity index (χ0n) is 18.6. The van der Waals surface area contributed by atoms with E-state index in [2.05, 4.69) is 14.9 Å². The van der Waals surface area contributed by atoms with Gasteiger partial charge in [-0.25, -0.2) is 32.3 Å². The van der Waals surface area contributed by atoms with Crippen molar-refractivity contribution in [2.45, 2.75) is 4.90 Å². The first-order chi connectivity index (χ1) is 17.0. The van der Waals surface area contributed by atoms with Gasteiger partial charge in [0.2, 0.25) is 5.95 Å². The van der Waals surface area contributed by atoms with Crippen LogP contribution in [0.15, 0.2) is 72.0 Å². The Balaban J connectivity index is 1.60. The Morgan fingerprint density at radius 3 is 2.37 bits per heavy atom. The highest BCUT2D eigenvalue weighted by molar-refractivity contribution is 7.90. The van der Waals surface area contributed by atoms with E-state index in [1.54, 1.807) is 61.1 Å². The van der Waals surface area contributed by atoms with Gasteiger partial charge in [-0.3, -0.25) is 0 Å². The molecule has 0 bridgehead atoms. The molecular weight excluding hydrogens is 466 g/mol. The predicted molar refractivity (Wildman–Crippen MR) is 133 cm³/mol. The number of hydrogen-bond donors (Lipinski definition) is 1. The zero-order chi connectivity index (χ0) is 24.0. The Morgan fingerprint density at radius 2 is 1.63 bits per heavy atom. The first-order valence-corrected chi connectivity index (χ1v) is 12.5. The summed E-state index contributed by atoms with van der Waals surface area (Å²) in [6.07, 6.45) is 4.73. The average Bonchev–Trinajstić information content (AvgIpc) is 3.35. The summed E-state index contributed by atoms with van der Waals surface area (Å²) >= 11 is 0. The predicted octanol–water partition coefficient (Wildman–Crippen LogP) is 2.70. The molecule has 2 aromatic carbocycles. The molecule has 1 fully saturated rings. The Morgan fingerprint density at radius 1 is 0.886 bits per heavy atom. The smallest absolute Gasteiger partial charge is 0.268 e. The van der Waals surface area contributed by atoms with Crippen molar-refractivity contribution < 1.29 is 13.2 Å². The Bertz CT molecular complexity index is 1650. The summed E-state index contributed by atoms with van der Waals surface area (Å²) in [6, 6.07) is 13.8. The van der Waals surface area contributed by atoms with Gasteiger partial charge in [0.15, 0.2) is 5.82 Å². The molecule has 5 aromatic rings. The molecule has 4 heterocycles. The lowest BCUT2D eigenvalue weighted by molar-refractivity contribution is 0.122. The number of nitrogens with two attached hydrogens (primary N) is 1. The Hall–Kier alpha value is -4.09. The van der Waals surface area contributed by atoms with Crippen molar-refractivity contribution in [2.24, 2.45) is 0 Å². The van der Waals surface area contributed by atoms with Crippen molar-refractivity contribution in [1.82, 2.24) is 23.9 Å². The summed E-state index contributed by atoms with van der Waals surface area (Å²) in [5.41, 5.74) is 7.46. The van der Waals surface area contributed by atoms with Gasteiger partial charge in [0, 0.05) is 42.5 Å². The number of rotatable bonds is 4. The maximum absolute atomic E-state index is 13.4. The minimum Gasteiger partial charge on any atom is -0.378 e. The van der Waals surface area contributed by atoms with Crippen molar-refractivity contribution >= 4 is 43.6 Å². The average molecular weight is 488 g/mol. The van der Waals surface area contributed by atoms with Gasteiger partial charge >= 0.3 is 0 Å². The molecule has 1 aliphatic heterocycles. The number of benzene rings is 2. The van der Waals surface area contributed by atoms with Crippen LogP contribution in [-0.4, -0.2) is 58.6 Å². The van der Waals surface area contributed by atoms with E-state index in [-0.39, 0.29) is 10.8 Å². The molecule has 2 N–H and O–H groups in total. The van der Waals surface area contributed by atoms with E-state index < -0.39 is 10.0 Å². The van der Waals surface area contributed by atoms with Crippen molar-refractivity contribution in [2.75, 3.05) is 36.9 Å². The molecule has 3 aromatic heterocycles. The second-order valence-electron chi connectivity index (χ2n) is 8.12. The van der Waals surface area contributed by atoms with Crippen LogP contribution >= 0.6 is 0 Å². The molecule has 0 aliphatic carbocycles. The SMILES string of the molecule is Nc1ncc(-c2nc(N3CCOCC3)c3ccc4c(ccn4S(=O)(=O)c4ccccc4)c3n2)cn1. The van der Waals surface area contributed by atoms with Gasteiger partial charge in [0.25, 0.3) is 10.0 Å². The van der Waals surface area contributed by atoms with E-state index in [4.69, 9.17) is 20.4 Å². The summed E-state index contributed by atoms with van der Waals surface area (Å²) in [7, 11) is -3.78. The van der Waals surface area contributed by atoms with Crippen LogP contribution in [0.3, 0.4) is 0 Å². The van der Waals surface area contributed by atoms with Crippen molar-refractivity contribution in [3.63, 3.8) is 0 Å². The van der Waals surface area contributed by atoms with Gasteiger partial charge in [-0.2, -0.15) is 0 Å². The van der Waals surface area contributed by atoms with E-state index in [1.807, 2.05) is 6.07 Å². The van der Waals surface area contributed by atoms with Crippen molar-refractivity contribution in [3.8, 4) is 11.4 Å². The maximum Gasteiger partial charge on any atom is 0.268 e. The lowest BCUT2D eigenvalue weighted by atomic mass is 10.1. The van der Waals surface area contributed by atoms with Gasteiger partial charge in [0.1, 0.15) is 5.82 Å². The van der Waals surface area contributed by atoms with Crippen LogP contribution in [0.2, 0.25) is 0 Å². The van der Waals surface area contributed by atoms with E-state index in [9.17, 15) is 8.42 Å². The van der Waals surface area contributed by atoms with E-state index in [0.29, 0.717) is 54.1 Å². The molecule has 0 saturated carbocycles. The Labute approximate surface area is 201 Å². The molecule has 35 heavy (non-hydrogen) atoms. The maximum atomic E-state index is 13.4. The molecule has 11 heteroatoms. The summed E-state index contributed by atoms with van der Waals surface area (Å²) in [6.45, 7) is 2.57. The fourth-order valence-corrected chi connectivity index (χ4v) is 5.65. The van der Waals surface area contributed by atoms with Crippen LogP contribution in [0.25, 0.3) is 33.2 Å². The fraction of sp³-hybridized carbons (Fsp3) is 0.167. The van der Waals surface area contributed by atoms with Crippen LogP contribution in [0, 0.1) is 0 Å². The monoisotopic (exact) mass is 487 g/mol. The second-order valence-corrected chi connectivity index (χ2v) is 9.94. The number of nitrogen functional groups attached to an aromatic ring is 1. The van der Waals surface area contributed by atoms with Gasteiger partial charge in [-0.1, -0.05) is 18.2 Å². The third-order valence-electron chi connectivity index (χ3n) is 6.02. The van der Waals surface area contributed by atoms with Crippen LogP contribution in [0.1, 0.15) is 0 Å². The highest BCUT2D eigenvalue weighted by Gasteiger charge is 2.23. The molecule has 0 atom stereocenters. The normalized spacial score (nSPS) is 14.6. The summed E-state index contributed by atoms with van der Waals surface area (Å²) < 4.78 is 33.5. The van der Waals surface area contributed by atoms with Crippen LogP contribution in [0.4, 0.5) is 11.8 Å². The summed E-state index contributed by atoms with van der Waals surface area (Å²) in [5.74, 6) is 1.35. The number of anilines is 2. The van der Waals surface area contributed by atoms with Gasteiger partial charge < -0.3 is 15.4 Å². The van der Waals surface area contributed by atoms with Crippen molar-refractivity contribution in [3.05, 3.63) is 67.1 Å². The van der Waals surface area contributed by atoms with Crippen molar-refractivity contribution in [1.29, 1.82) is 0 Å². The van der Waals surface area contributed by atoms with E-state index in [1.165, 1.54) is 3.97 Å². The molecule has 0 spiro atoms. The largest absolute Gasteiger partial charge is 0.378 e. The third kappa shape index (κ3) is 3.65. The molecule has 0 radical (unpaired) electrons.